The van der Waals surface area contributed by atoms with Gasteiger partial charge in [0.1, 0.15) is 5.56 Å². The van der Waals surface area contributed by atoms with Gasteiger partial charge in [0, 0.05) is 18.3 Å². The molecule has 1 aliphatic heterocycles. The van der Waals surface area contributed by atoms with Crippen molar-refractivity contribution in [1.29, 1.82) is 0 Å². The molecule has 0 aromatic carbocycles. The van der Waals surface area contributed by atoms with E-state index < -0.39 is 0 Å². The van der Waals surface area contributed by atoms with Gasteiger partial charge in [0.05, 0.1) is 6.10 Å². The molecular weight excluding hydrogens is 316 g/mol. The SMILES string of the molecule is CC(CCC1CCCO1)NC(=O)c1cc2c([nH]c1=O)CCC(C)(C)C2. The van der Waals surface area contributed by atoms with Crippen molar-refractivity contribution in [3.05, 3.63) is 33.2 Å². The van der Waals surface area contributed by atoms with Gasteiger partial charge in [0.15, 0.2) is 0 Å². The van der Waals surface area contributed by atoms with Crippen LogP contribution in [0.2, 0.25) is 0 Å². The number of aromatic nitrogens is 1. The quantitative estimate of drug-likeness (QED) is 0.861. The van der Waals surface area contributed by atoms with Crippen LogP contribution in [-0.2, 0) is 17.6 Å². The molecule has 2 aliphatic rings. The fourth-order valence-electron chi connectivity index (χ4n) is 3.91. The van der Waals surface area contributed by atoms with E-state index in [1.807, 2.05) is 6.92 Å². The van der Waals surface area contributed by atoms with Gasteiger partial charge >= 0.3 is 0 Å². The molecule has 2 unspecified atom stereocenters. The summed E-state index contributed by atoms with van der Waals surface area (Å²) in [4.78, 5) is 27.8. The molecule has 1 fully saturated rings. The second-order valence-corrected chi connectivity index (χ2v) is 8.44. The van der Waals surface area contributed by atoms with Gasteiger partial charge in [-0.1, -0.05) is 13.8 Å². The zero-order valence-corrected chi connectivity index (χ0v) is 15.6. The first-order valence-electron chi connectivity index (χ1n) is 9.51. The molecule has 1 aromatic rings. The van der Waals surface area contributed by atoms with Crippen molar-refractivity contribution < 1.29 is 9.53 Å². The summed E-state index contributed by atoms with van der Waals surface area (Å²) < 4.78 is 5.63. The van der Waals surface area contributed by atoms with E-state index in [2.05, 4.69) is 24.1 Å². The molecule has 1 saturated heterocycles. The highest BCUT2D eigenvalue weighted by Gasteiger charge is 2.27. The van der Waals surface area contributed by atoms with Crippen LogP contribution < -0.4 is 10.9 Å². The van der Waals surface area contributed by atoms with Crippen molar-refractivity contribution in [2.75, 3.05) is 6.61 Å². The third kappa shape index (κ3) is 4.51. The molecule has 2 N–H and O–H groups in total. The fraction of sp³-hybridized carbons (Fsp3) is 0.700. The highest BCUT2D eigenvalue weighted by atomic mass is 16.5. The lowest BCUT2D eigenvalue weighted by atomic mass is 9.76. The Bertz CT molecular complexity index is 687. The molecule has 1 amide bonds. The van der Waals surface area contributed by atoms with Crippen LogP contribution in [0.5, 0.6) is 0 Å². The van der Waals surface area contributed by atoms with E-state index in [1.165, 1.54) is 0 Å². The summed E-state index contributed by atoms with van der Waals surface area (Å²) in [5.41, 5.74) is 2.27. The number of hydrogen-bond donors (Lipinski definition) is 2. The van der Waals surface area contributed by atoms with Crippen LogP contribution in [0.15, 0.2) is 10.9 Å². The number of aryl methyl sites for hydroxylation is 1. The van der Waals surface area contributed by atoms with Crippen molar-refractivity contribution in [3.8, 4) is 0 Å². The van der Waals surface area contributed by atoms with Gasteiger partial charge in [-0.15, -0.1) is 0 Å². The molecule has 0 saturated carbocycles. The lowest BCUT2D eigenvalue weighted by Gasteiger charge is -2.31. The Hall–Kier alpha value is -1.62. The number of aromatic amines is 1. The van der Waals surface area contributed by atoms with Crippen LogP contribution in [0.25, 0.3) is 0 Å². The smallest absolute Gasteiger partial charge is 0.261 e. The van der Waals surface area contributed by atoms with Gasteiger partial charge in [0.25, 0.3) is 11.5 Å². The van der Waals surface area contributed by atoms with E-state index in [1.54, 1.807) is 6.07 Å². The summed E-state index contributed by atoms with van der Waals surface area (Å²) in [6.45, 7) is 7.30. The minimum absolute atomic E-state index is 0.0311. The number of rotatable bonds is 5. The van der Waals surface area contributed by atoms with Crippen molar-refractivity contribution in [1.82, 2.24) is 10.3 Å². The topological polar surface area (TPSA) is 71.2 Å². The molecule has 0 spiro atoms. The molecule has 2 atom stereocenters. The fourth-order valence-corrected chi connectivity index (χ4v) is 3.91. The monoisotopic (exact) mass is 346 g/mol. The zero-order chi connectivity index (χ0) is 18.0. The number of ether oxygens (including phenoxy) is 1. The van der Waals surface area contributed by atoms with Crippen LogP contribution in [0.4, 0.5) is 0 Å². The summed E-state index contributed by atoms with van der Waals surface area (Å²) in [6.07, 6.45) is 7.22. The van der Waals surface area contributed by atoms with Crippen molar-refractivity contribution in [3.63, 3.8) is 0 Å². The predicted octanol–water partition coefficient (Wildman–Crippen LogP) is 2.97. The molecule has 138 valence electrons. The van der Waals surface area contributed by atoms with E-state index in [0.29, 0.717) is 6.10 Å². The molecule has 2 heterocycles. The summed E-state index contributed by atoms with van der Waals surface area (Å²) >= 11 is 0. The molecular formula is C20H30N2O3. The molecule has 0 bridgehead atoms. The Balaban J connectivity index is 1.64. The molecule has 5 heteroatoms. The molecule has 1 aliphatic carbocycles. The first-order valence-corrected chi connectivity index (χ1v) is 9.51. The predicted molar refractivity (Wildman–Crippen MR) is 98.0 cm³/mol. The van der Waals surface area contributed by atoms with Crippen LogP contribution >= 0.6 is 0 Å². The first-order chi connectivity index (χ1) is 11.8. The largest absolute Gasteiger partial charge is 0.378 e. The second kappa shape index (κ2) is 7.32. The normalized spacial score (nSPS) is 23.1. The summed E-state index contributed by atoms with van der Waals surface area (Å²) in [5.74, 6) is -0.271. The lowest BCUT2D eigenvalue weighted by Crippen LogP contribution is -2.37. The maximum atomic E-state index is 12.6. The minimum Gasteiger partial charge on any atom is -0.378 e. The van der Waals surface area contributed by atoms with E-state index >= 15 is 0 Å². The number of nitrogens with one attached hydrogen (secondary N) is 2. The highest BCUT2D eigenvalue weighted by Crippen LogP contribution is 2.33. The van der Waals surface area contributed by atoms with E-state index in [0.717, 1.165) is 62.8 Å². The second-order valence-electron chi connectivity index (χ2n) is 8.44. The number of fused-ring (bicyclic) bond motifs is 1. The Kier molecular flexibility index (Phi) is 5.32. The van der Waals surface area contributed by atoms with Crippen molar-refractivity contribution in [2.45, 2.75) is 77.9 Å². The Labute approximate surface area is 149 Å². The Morgan fingerprint density at radius 3 is 3.00 bits per heavy atom. The third-order valence-corrected chi connectivity index (χ3v) is 5.50. The number of carbonyl (C=O) groups excluding carboxylic acids is 1. The van der Waals surface area contributed by atoms with Crippen LogP contribution in [0.1, 0.15) is 74.5 Å². The standard InChI is InChI=1S/C20H30N2O3/c1-13(6-7-15-5-4-10-25-15)21-18(23)16-11-14-12-20(2,3)9-8-17(14)22-19(16)24/h11,13,15H,4-10,12H2,1-3H3,(H,21,23)(H,22,24). The molecule has 1 aromatic heterocycles. The molecule has 5 nitrogen and oxygen atoms in total. The summed E-state index contributed by atoms with van der Waals surface area (Å²) in [7, 11) is 0. The van der Waals surface area contributed by atoms with Gasteiger partial charge in [-0.25, -0.2) is 0 Å². The van der Waals surface area contributed by atoms with Crippen LogP contribution in [0.3, 0.4) is 0 Å². The summed E-state index contributed by atoms with van der Waals surface area (Å²) in [6, 6.07) is 1.83. The average molecular weight is 346 g/mol. The number of pyridine rings is 1. The Morgan fingerprint density at radius 2 is 2.28 bits per heavy atom. The van der Waals surface area contributed by atoms with Gasteiger partial charge in [-0.3, -0.25) is 9.59 Å². The maximum absolute atomic E-state index is 12.6. The third-order valence-electron chi connectivity index (χ3n) is 5.50. The van der Waals surface area contributed by atoms with Crippen molar-refractivity contribution in [2.24, 2.45) is 5.41 Å². The molecule has 25 heavy (non-hydrogen) atoms. The molecule has 0 radical (unpaired) electrons. The highest BCUT2D eigenvalue weighted by molar-refractivity contribution is 5.94. The first kappa shape index (κ1) is 18.2. The van der Waals surface area contributed by atoms with Gasteiger partial charge in [-0.2, -0.15) is 0 Å². The van der Waals surface area contributed by atoms with Gasteiger partial charge in [-0.05, 0) is 68.9 Å². The van der Waals surface area contributed by atoms with E-state index in [4.69, 9.17) is 4.74 Å². The summed E-state index contributed by atoms with van der Waals surface area (Å²) in [5, 5.41) is 2.97. The lowest BCUT2D eigenvalue weighted by molar-refractivity contribution is 0.0898. The van der Waals surface area contributed by atoms with Gasteiger partial charge < -0.3 is 15.0 Å². The zero-order valence-electron chi connectivity index (χ0n) is 15.6. The van der Waals surface area contributed by atoms with Crippen LogP contribution in [-0.4, -0.2) is 29.6 Å². The van der Waals surface area contributed by atoms with E-state index in [-0.39, 0.29) is 28.5 Å². The minimum atomic E-state index is -0.276. The average Bonchev–Trinajstić information content (AvgIpc) is 3.05. The van der Waals surface area contributed by atoms with Gasteiger partial charge in [0.2, 0.25) is 0 Å². The number of amides is 1. The Morgan fingerprint density at radius 1 is 1.48 bits per heavy atom. The van der Waals surface area contributed by atoms with E-state index in [9.17, 15) is 9.59 Å². The molecule has 3 rings (SSSR count). The van der Waals surface area contributed by atoms with Crippen molar-refractivity contribution >= 4 is 5.91 Å². The van der Waals surface area contributed by atoms with Crippen LogP contribution in [0, 0.1) is 5.41 Å². The maximum Gasteiger partial charge on any atom is 0.261 e. The number of H-pyrrole nitrogens is 1. The number of carbonyl (C=O) groups is 1. The number of hydrogen-bond acceptors (Lipinski definition) is 3.